The van der Waals surface area contributed by atoms with Gasteiger partial charge in [0.15, 0.2) is 5.76 Å². The minimum atomic E-state index is -0.886. The summed E-state index contributed by atoms with van der Waals surface area (Å²) in [6, 6.07) is 10.3. The summed E-state index contributed by atoms with van der Waals surface area (Å²) in [4.78, 5) is 32.8. The zero-order valence-electron chi connectivity index (χ0n) is 17.6. The van der Waals surface area contributed by atoms with Crippen LogP contribution in [0.2, 0.25) is 0 Å². The van der Waals surface area contributed by atoms with E-state index in [0.29, 0.717) is 21.8 Å². The summed E-state index contributed by atoms with van der Waals surface area (Å²) >= 11 is 1.22. The molecule has 1 unspecified atom stereocenters. The van der Waals surface area contributed by atoms with Gasteiger partial charge in [-0.25, -0.2) is 9.37 Å². The van der Waals surface area contributed by atoms with E-state index in [-0.39, 0.29) is 5.57 Å². The van der Waals surface area contributed by atoms with Gasteiger partial charge in [-0.2, -0.15) is 0 Å². The van der Waals surface area contributed by atoms with E-state index in [0.717, 1.165) is 16.1 Å². The molecule has 2 heterocycles. The Balaban J connectivity index is 1.92. The molecule has 1 aliphatic rings. The van der Waals surface area contributed by atoms with Crippen molar-refractivity contribution in [2.24, 2.45) is 0 Å². The van der Waals surface area contributed by atoms with Crippen molar-refractivity contribution < 1.29 is 19.1 Å². The molecule has 3 aromatic rings. The number of hydrogen-bond acceptors (Lipinski definition) is 5. The third kappa shape index (κ3) is 3.65. The number of thiazole rings is 1. The zero-order chi connectivity index (χ0) is 22.4. The van der Waals surface area contributed by atoms with Crippen molar-refractivity contribution in [1.29, 1.82) is 0 Å². The number of aryl methyl sites for hydroxylation is 4. The third-order valence-corrected chi connectivity index (χ3v) is 6.30. The molecule has 0 fully saturated rings. The van der Waals surface area contributed by atoms with Crippen molar-refractivity contribution in [2.75, 3.05) is 4.90 Å². The molecule has 1 N–H and O–H groups in total. The SMILES string of the molecule is Cc1cc(C)cc(N2C(=O)C(O)=C(C(=O)c3sc(C)nc3C)C2c2ccc(F)cc2)c1. The van der Waals surface area contributed by atoms with E-state index in [1.165, 1.54) is 40.5 Å². The number of ketones is 1. The number of nitrogens with zero attached hydrogens (tertiary/aromatic N) is 2. The lowest BCUT2D eigenvalue weighted by Gasteiger charge is -2.27. The fourth-order valence-electron chi connectivity index (χ4n) is 4.02. The van der Waals surface area contributed by atoms with Gasteiger partial charge in [-0.3, -0.25) is 14.5 Å². The summed E-state index contributed by atoms with van der Waals surface area (Å²) in [6.45, 7) is 7.33. The van der Waals surface area contributed by atoms with Crippen LogP contribution in [0.25, 0.3) is 0 Å². The molecule has 0 aliphatic carbocycles. The number of anilines is 1. The number of carbonyl (C=O) groups is 2. The first-order chi connectivity index (χ1) is 14.7. The van der Waals surface area contributed by atoms with Crippen LogP contribution in [0, 0.1) is 33.5 Å². The zero-order valence-corrected chi connectivity index (χ0v) is 18.4. The lowest BCUT2D eigenvalue weighted by molar-refractivity contribution is -0.117. The van der Waals surface area contributed by atoms with Crippen LogP contribution < -0.4 is 4.90 Å². The standard InChI is InChI=1S/C24H21FN2O3S/c1-12-9-13(2)11-18(10-12)27-20(16-5-7-17(25)8-6-16)19(22(29)24(27)30)21(28)23-14(3)26-15(4)31-23/h5-11,20,29H,1-4H3. The molecule has 5 nitrogen and oxygen atoms in total. The number of benzene rings is 2. The van der Waals surface area contributed by atoms with E-state index >= 15 is 0 Å². The molecule has 7 heteroatoms. The summed E-state index contributed by atoms with van der Waals surface area (Å²) in [7, 11) is 0. The van der Waals surface area contributed by atoms with Crippen LogP contribution in [0.5, 0.6) is 0 Å². The van der Waals surface area contributed by atoms with Gasteiger partial charge in [0.2, 0.25) is 5.78 Å². The molecule has 1 aromatic heterocycles. The minimum absolute atomic E-state index is 0.0254. The molecular formula is C24H21FN2O3S. The summed E-state index contributed by atoms with van der Waals surface area (Å²) in [5, 5.41) is 11.5. The summed E-state index contributed by atoms with van der Waals surface area (Å²) < 4.78 is 13.6. The van der Waals surface area contributed by atoms with Crippen LogP contribution in [0.3, 0.4) is 0 Å². The molecule has 2 aromatic carbocycles. The van der Waals surface area contributed by atoms with Crippen LogP contribution in [-0.4, -0.2) is 21.8 Å². The maximum Gasteiger partial charge on any atom is 0.294 e. The quantitative estimate of drug-likeness (QED) is 0.564. The number of Topliss-reactive ketones (excluding diaryl/α,β-unsaturated/α-hetero) is 1. The number of amides is 1. The molecule has 0 saturated heterocycles. The van der Waals surface area contributed by atoms with E-state index in [4.69, 9.17) is 0 Å². The van der Waals surface area contributed by atoms with Crippen molar-refractivity contribution in [3.05, 3.63) is 91.9 Å². The smallest absolute Gasteiger partial charge is 0.294 e. The van der Waals surface area contributed by atoms with E-state index in [2.05, 4.69) is 4.98 Å². The van der Waals surface area contributed by atoms with Gasteiger partial charge in [0.25, 0.3) is 5.91 Å². The number of rotatable bonds is 4. The van der Waals surface area contributed by atoms with Crippen LogP contribution in [0.15, 0.2) is 53.8 Å². The molecule has 0 bridgehead atoms. The van der Waals surface area contributed by atoms with Gasteiger partial charge in [-0.05, 0) is 68.7 Å². The monoisotopic (exact) mass is 436 g/mol. The molecule has 4 rings (SSSR count). The Morgan fingerprint density at radius 3 is 2.23 bits per heavy atom. The van der Waals surface area contributed by atoms with Gasteiger partial charge in [0.05, 0.1) is 27.2 Å². The van der Waals surface area contributed by atoms with Crippen molar-refractivity contribution in [1.82, 2.24) is 4.98 Å². The van der Waals surface area contributed by atoms with Crippen LogP contribution in [-0.2, 0) is 4.79 Å². The highest BCUT2D eigenvalue weighted by atomic mass is 32.1. The molecule has 0 radical (unpaired) electrons. The first-order valence-corrected chi connectivity index (χ1v) is 10.6. The van der Waals surface area contributed by atoms with Gasteiger partial charge in [-0.15, -0.1) is 11.3 Å². The number of halogens is 1. The summed E-state index contributed by atoms with van der Waals surface area (Å²) in [5.74, 6) is -2.14. The van der Waals surface area contributed by atoms with Crippen molar-refractivity contribution in [3.63, 3.8) is 0 Å². The average molecular weight is 437 g/mol. The average Bonchev–Trinajstić information content (AvgIpc) is 3.17. The Morgan fingerprint density at radius 1 is 1.06 bits per heavy atom. The van der Waals surface area contributed by atoms with Crippen LogP contribution >= 0.6 is 11.3 Å². The first-order valence-electron chi connectivity index (χ1n) is 9.76. The minimum Gasteiger partial charge on any atom is -0.503 e. The Hall–Kier alpha value is -3.32. The molecule has 31 heavy (non-hydrogen) atoms. The lowest BCUT2D eigenvalue weighted by Crippen LogP contribution is -2.31. The predicted molar refractivity (Wildman–Crippen MR) is 118 cm³/mol. The lowest BCUT2D eigenvalue weighted by atomic mass is 9.94. The molecule has 1 amide bonds. The molecule has 0 spiro atoms. The Kier molecular flexibility index (Phi) is 5.23. The van der Waals surface area contributed by atoms with E-state index in [9.17, 15) is 19.1 Å². The number of carbonyl (C=O) groups excluding carboxylic acids is 2. The first kappa shape index (κ1) is 20.9. The molecular weight excluding hydrogens is 415 g/mol. The maximum absolute atomic E-state index is 13.6. The largest absolute Gasteiger partial charge is 0.503 e. The number of hydrogen-bond donors (Lipinski definition) is 1. The fraction of sp³-hybridized carbons (Fsp3) is 0.208. The molecule has 1 aliphatic heterocycles. The van der Waals surface area contributed by atoms with Crippen molar-refractivity contribution in [2.45, 2.75) is 33.7 Å². The number of aromatic nitrogens is 1. The van der Waals surface area contributed by atoms with E-state index in [1.807, 2.05) is 32.0 Å². The number of aliphatic hydroxyl groups excluding tert-OH is 1. The molecule has 158 valence electrons. The summed E-state index contributed by atoms with van der Waals surface area (Å²) in [5.41, 5.74) is 3.48. The van der Waals surface area contributed by atoms with Gasteiger partial charge >= 0.3 is 0 Å². The van der Waals surface area contributed by atoms with Crippen molar-refractivity contribution in [3.8, 4) is 0 Å². The Morgan fingerprint density at radius 2 is 1.68 bits per heavy atom. The van der Waals surface area contributed by atoms with Crippen molar-refractivity contribution >= 4 is 28.7 Å². The van der Waals surface area contributed by atoms with Gasteiger partial charge in [0, 0.05) is 5.69 Å². The normalized spacial score (nSPS) is 16.4. The Labute approximate surface area is 183 Å². The summed E-state index contributed by atoms with van der Waals surface area (Å²) in [6.07, 6.45) is 0. The van der Waals surface area contributed by atoms with Crippen LogP contribution in [0.1, 0.15) is 43.1 Å². The second kappa shape index (κ2) is 7.74. The highest BCUT2D eigenvalue weighted by molar-refractivity contribution is 7.14. The van der Waals surface area contributed by atoms with Crippen LogP contribution in [0.4, 0.5) is 10.1 Å². The second-order valence-corrected chi connectivity index (χ2v) is 8.92. The molecule has 1 atom stereocenters. The third-order valence-electron chi connectivity index (χ3n) is 5.23. The molecule has 0 saturated carbocycles. The van der Waals surface area contributed by atoms with Gasteiger partial charge in [0.1, 0.15) is 5.82 Å². The van der Waals surface area contributed by atoms with Gasteiger partial charge in [-0.1, -0.05) is 18.2 Å². The second-order valence-electron chi connectivity index (χ2n) is 7.71. The van der Waals surface area contributed by atoms with Gasteiger partial charge < -0.3 is 5.11 Å². The predicted octanol–water partition coefficient (Wildman–Crippen LogP) is 5.30. The maximum atomic E-state index is 13.6. The highest BCUT2D eigenvalue weighted by Crippen LogP contribution is 2.43. The fourth-order valence-corrected chi connectivity index (χ4v) is 4.89. The topological polar surface area (TPSA) is 70.5 Å². The van der Waals surface area contributed by atoms with E-state index in [1.54, 1.807) is 13.8 Å². The van der Waals surface area contributed by atoms with E-state index < -0.39 is 29.3 Å². The highest BCUT2D eigenvalue weighted by Gasteiger charge is 2.45. The number of aliphatic hydroxyl groups is 1. The Bertz CT molecular complexity index is 1220.